The van der Waals surface area contributed by atoms with Gasteiger partial charge in [-0.05, 0) is 49.3 Å². The summed E-state index contributed by atoms with van der Waals surface area (Å²) in [7, 11) is 0. The molecule has 5 heteroatoms. The first-order chi connectivity index (χ1) is 10.7. The van der Waals surface area contributed by atoms with E-state index in [0.29, 0.717) is 29.8 Å². The number of hydrogen-bond acceptors (Lipinski definition) is 4. The Labute approximate surface area is 129 Å². The number of nitrogens with zero attached hydrogens (tertiary/aromatic N) is 1. The lowest BCUT2D eigenvalue weighted by molar-refractivity contribution is 0.0940. The molecule has 1 saturated carbocycles. The molecule has 22 heavy (non-hydrogen) atoms. The normalized spacial score (nSPS) is 30.6. The molecule has 0 bridgehead atoms. The zero-order chi connectivity index (χ0) is 15.1. The minimum Gasteiger partial charge on any atom is -0.355 e. The lowest BCUT2D eigenvalue weighted by Gasteiger charge is -2.18. The summed E-state index contributed by atoms with van der Waals surface area (Å²) < 4.78 is 5.20. The topological polar surface area (TPSA) is 67.2 Å². The van der Waals surface area contributed by atoms with Gasteiger partial charge >= 0.3 is 0 Å². The van der Waals surface area contributed by atoms with Crippen LogP contribution in [0.25, 0.3) is 11.0 Å². The van der Waals surface area contributed by atoms with Crippen molar-refractivity contribution in [1.29, 1.82) is 0 Å². The van der Waals surface area contributed by atoms with E-state index in [2.05, 4.69) is 22.7 Å². The maximum atomic E-state index is 12.4. The molecule has 4 atom stereocenters. The fourth-order valence-electron chi connectivity index (χ4n) is 4.19. The number of para-hydroxylation sites is 1. The molecule has 0 spiro atoms. The van der Waals surface area contributed by atoms with Gasteiger partial charge in [0, 0.05) is 12.6 Å². The van der Waals surface area contributed by atoms with Gasteiger partial charge in [-0.2, -0.15) is 0 Å². The fourth-order valence-corrected chi connectivity index (χ4v) is 4.19. The van der Waals surface area contributed by atoms with E-state index in [4.69, 9.17) is 4.52 Å². The highest BCUT2D eigenvalue weighted by Crippen LogP contribution is 2.40. The van der Waals surface area contributed by atoms with Gasteiger partial charge in [0.05, 0.1) is 5.39 Å². The first-order valence-corrected chi connectivity index (χ1v) is 8.08. The predicted molar refractivity (Wildman–Crippen MR) is 83.5 cm³/mol. The van der Waals surface area contributed by atoms with E-state index in [1.807, 2.05) is 24.3 Å². The number of nitrogens with one attached hydrogen (secondary N) is 2. The van der Waals surface area contributed by atoms with E-state index in [1.165, 1.54) is 12.8 Å². The van der Waals surface area contributed by atoms with Crippen molar-refractivity contribution in [3.63, 3.8) is 0 Å². The predicted octanol–water partition coefficient (Wildman–Crippen LogP) is 2.19. The van der Waals surface area contributed by atoms with Crippen LogP contribution in [-0.4, -0.2) is 30.2 Å². The standard InChI is InChI=1S/C17H21N3O2/c1-10-6-11-8-18-14(13(11)7-10)9-19-17(21)16-12-4-2-3-5-15(12)22-20-16/h2-5,10-11,13-14,18H,6-9H2,1H3,(H,19,21)/t10?,11-,13-,14+/m0/s1. The number of fused-ring (bicyclic) bond motifs is 2. The van der Waals surface area contributed by atoms with Gasteiger partial charge in [0.15, 0.2) is 11.3 Å². The maximum absolute atomic E-state index is 12.4. The highest BCUT2D eigenvalue weighted by Gasteiger charge is 2.41. The van der Waals surface area contributed by atoms with Crippen LogP contribution in [0.3, 0.4) is 0 Å². The molecule has 1 aliphatic carbocycles. The minimum absolute atomic E-state index is 0.152. The van der Waals surface area contributed by atoms with Crippen molar-refractivity contribution in [2.75, 3.05) is 13.1 Å². The first kappa shape index (κ1) is 13.8. The summed E-state index contributed by atoms with van der Waals surface area (Å²) in [6, 6.07) is 7.83. The second-order valence-corrected chi connectivity index (χ2v) is 6.75. The largest absolute Gasteiger partial charge is 0.355 e. The van der Waals surface area contributed by atoms with Crippen molar-refractivity contribution >= 4 is 16.9 Å². The third kappa shape index (κ3) is 2.29. The Morgan fingerprint density at radius 2 is 2.27 bits per heavy atom. The molecule has 0 radical (unpaired) electrons. The van der Waals surface area contributed by atoms with Gasteiger partial charge in [0.25, 0.3) is 5.91 Å². The summed E-state index contributed by atoms with van der Waals surface area (Å²) in [5.74, 6) is 2.14. The highest BCUT2D eigenvalue weighted by molar-refractivity contribution is 6.03. The Bertz CT molecular complexity index is 696. The number of hydrogen-bond donors (Lipinski definition) is 2. The number of carbonyl (C=O) groups excluding carboxylic acids is 1. The molecule has 1 unspecified atom stereocenters. The second kappa shape index (κ2) is 5.39. The summed E-state index contributed by atoms with van der Waals surface area (Å²) in [6.45, 7) is 4.08. The van der Waals surface area contributed by atoms with Crippen molar-refractivity contribution in [2.24, 2.45) is 17.8 Å². The molecule has 2 heterocycles. The molecule has 4 rings (SSSR count). The molecular weight excluding hydrogens is 278 g/mol. The van der Waals surface area contributed by atoms with Crippen LogP contribution >= 0.6 is 0 Å². The second-order valence-electron chi connectivity index (χ2n) is 6.75. The third-order valence-corrected chi connectivity index (χ3v) is 5.22. The van der Waals surface area contributed by atoms with E-state index in [1.54, 1.807) is 0 Å². The molecular formula is C17H21N3O2. The van der Waals surface area contributed by atoms with Gasteiger partial charge in [0.1, 0.15) is 0 Å². The average molecular weight is 299 g/mol. The van der Waals surface area contributed by atoms with Crippen LogP contribution in [0.5, 0.6) is 0 Å². The zero-order valence-electron chi connectivity index (χ0n) is 12.7. The SMILES string of the molecule is CC1C[C@H]2CN[C@H](CNC(=O)c3noc4ccccc34)[C@H]2C1. The Balaban J connectivity index is 1.43. The van der Waals surface area contributed by atoms with Crippen LogP contribution < -0.4 is 10.6 Å². The lowest BCUT2D eigenvalue weighted by Crippen LogP contribution is -2.40. The van der Waals surface area contributed by atoms with Crippen LogP contribution in [-0.2, 0) is 0 Å². The van der Waals surface area contributed by atoms with Gasteiger partial charge in [-0.25, -0.2) is 0 Å². The molecule has 5 nitrogen and oxygen atoms in total. The van der Waals surface area contributed by atoms with Crippen LogP contribution in [0.15, 0.2) is 28.8 Å². The Morgan fingerprint density at radius 1 is 1.41 bits per heavy atom. The molecule has 116 valence electrons. The van der Waals surface area contributed by atoms with Crippen LogP contribution in [0.1, 0.15) is 30.3 Å². The van der Waals surface area contributed by atoms with Crippen molar-refractivity contribution in [1.82, 2.24) is 15.8 Å². The molecule has 2 fully saturated rings. The van der Waals surface area contributed by atoms with Gasteiger partial charge < -0.3 is 15.2 Å². The summed E-state index contributed by atoms with van der Waals surface area (Å²) in [5.41, 5.74) is 1.03. The molecule has 2 aliphatic rings. The molecule has 1 amide bonds. The summed E-state index contributed by atoms with van der Waals surface area (Å²) in [6.07, 6.45) is 2.58. The molecule has 1 aromatic carbocycles. The quantitative estimate of drug-likeness (QED) is 0.911. The summed E-state index contributed by atoms with van der Waals surface area (Å²) in [5, 5.41) is 11.3. The van der Waals surface area contributed by atoms with E-state index in [0.717, 1.165) is 23.8 Å². The molecule has 1 aliphatic heterocycles. The number of benzene rings is 1. The van der Waals surface area contributed by atoms with E-state index < -0.39 is 0 Å². The first-order valence-electron chi connectivity index (χ1n) is 8.08. The van der Waals surface area contributed by atoms with Gasteiger partial charge in [-0.1, -0.05) is 24.2 Å². The Hall–Kier alpha value is -1.88. The maximum Gasteiger partial charge on any atom is 0.274 e. The van der Waals surface area contributed by atoms with E-state index in [-0.39, 0.29) is 5.91 Å². The fraction of sp³-hybridized carbons (Fsp3) is 0.529. The van der Waals surface area contributed by atoms with Crippen LogP contribution in [0, 0.1) is 17.8 Å². The lowest BCUT2D eigenvalue weighted by atomic mass is 9.94. The summed E-state index contributed by atoms with van der Waals surface area (Å²) >= 11 is 0. The zero-order valence-corrected chi connectivity index (χ0v) is 12.7. The minimum atomic E-state index is -0.152. The van der Waals surface area contributed by atoms with Crippen LogP contribution in [0.2, 0.25) is 0 Å². The number of amides is 1. The smallest absolute Gasteiger partial charge is 0.274 e. The summed E-state index contributed by atoms with van der Waals surface area (Å²) in [4.78, 5) is 12.4. The van der Waals surface area contributed by atoms with E-state index in [9.17, 15) is 4.79 Å². The number of rotatable bonds is 3. The Morgan fingerprint density at radius 3 is 3.18 bits per heavy atom. The monoisotopic (exact) mass is 299 g/mol. The number of aromatic nitrogens is 1. The van der Waals surface area contributed by atoms with Gasteiger partial charge in [-0.15, -0.1) is 0 Å². The van der Waals surface area contributed by atoms with E-state index >= 15 is 0 Å². The van der Waals surface area contributed by atoms with Crippen molar-refractivity contribution in [2.45, 2.75) is 25.8 Å². The molecule has 1 aromatic heterocycles. The highest BCUT2D eigenvalue weighted by atomic mass is 16.5. The van der Waals surface area contributed by atoms with Crippen molar-refractivity contribution < 1.29 is 9.32 Å². The average Bonchev–Trinajstić information content (AvgIpc) is 3.18. The third-order valence-electron chi connectivity index (χ3n) is 5.22. The van der Waals surface area contributed by atoms with Gasteiger partial charge in [-0.3, -0.25) is 4.79 Å². The molecule has 2 N–H and O–H groups in total. The molecule has 1 saturated heterocycles. The van der Waals surface area contributed by atoms with Crippen molar-refractivity contribution in [3.8, 4) is 0 Å². The number of carbonyl (C=O) groups is 1. The van der Waals surface area contributed by atoms with Gasteiger partial charge in [0.2, 0.25) is 0 Å². The Kier molecular flexibility index (Phi) is 3.37. The molecule has 2 aromatic rings. The van der Waals surface area contributed by atoms with Crippen LogP contribution in [0.4, 0.5) is 0 Å². The van der Waals surface area contributed by atoms with Crippen molar-refractivity contribution in [3.05, 3.63) is 30.0 Å².